The average Bonchev–Trinajstić information content (AvgIpc) is 3.26. The molecule has 2 rings (SSSR count). The Morgan fingerprint density at radius 2 is 2.19 bits per heavy atom. The monoisotopic (exact) mass is 405 g/mol. The number of aromatic nitrogens is 1. The van der Waals surface area contributed by atoms with Gasteiger partial charge in [-0.3, -0.25) is 4.90 Å². The molecule has 27 heavy (non-hydrogen) atoms. The maximum atomic E-state index is 12.7. The van der Waals surface area contributed by atoms with Gasteiger partial charge in [-0.05, 0) is 32.2 Å². The summed E-state index contributed by atoms with van der Waals surface area (Å²) in [4.78, 5) is 14.0. The van der Waals surface area contributed by atoms with E-state index in [0.29, 0.717) is 19.6 Å². The van der Waals surface area contributed by atoms with Gasteiger partial charge in [0.25, 0.3) is 0 Å². The van der Waals surface area contributed by atoms with Crippen LogP contribution < -0.4 is 5.32 Å². The molecule has 0 saturated carbocycles. The fraction of sp³-hybridized carbons (Fsp3) is 0.778. The van der Waals surface area contributed by atoms with Crippen molar-refractivity contribution < 1.29 is 13.2 Å². The minimum Gasteiger partial charge on any atom is -0.357 e. The van der Waals surface area contributed by atoms with Gasteiger partial charge < -0.3 is 10.2 Å². The molecule has 1 atom stereocenters. The fourth-order valence-corrected chi connectivity index (χ4v) is 4.04. The Kier molecular flexibility index (Phi) is 8.34. The lowest BCUT2D eigenvalue weighted by Crippen LogP contribution is -2.41. The van der Waals surface area contributed by atoms with Crippen molar-refractivity contribution in [2.24, 2.45) is 10.9 Å². The summed E-state index contributed by atoms with van der Waals surface area (Å²) in [6, 6.07) is 0. The number of thiazole rings is 1. The maximum Gasteiger partial charge on any atom is 0.401 e. The van der Waals surface area contributed by atoms with E-state index in [-0.39, 0.29) is 5.92 Å². The van der Waals surface area contributed by atoms with E-state index in [1.54, 1.807) is 18.3 Å². The number of aliphatic imine (C=N–C) groups is 1. The Labute approximate surface area is 163 Å². The van der Waals surface area contributed by atoms with Crippen molar-refractivity contribution in [3.8, 4) is 0 Å². The van der Waals surface area contributed by atoms with Crippen LogP contribution in [0.3, 0.4) is 0 Å². The van der Waals surface area contributed by atoms with E-state index < -0.39 is 12.7 Å². The van der Waals surface area contributed by atoms with Gasteiger partial charge in [-0.15, -0.1) is 11.3 Å². The second kappa shape index (κ2) is 10.3. The molecule has 0 bridgehead atoms. The van der Waals surface area contributed by atoms with Crippen LogP contribution in [0.25, 0.3) is 0 Å². The third-order valence-electron chi connectivity index (χ3n) is 4.60. The molecule has 0 aromatic carbocycles. The highest BCUT2D eigenvalue weighted by atomic mass is 32.1. The number of hydrogen-bond acceptors (Lipinski definition) is 4. The van der Waals surface area contributed by atoms with Crippen LogP contribution in [0, 0.1) is 5.92 Å². The van der Waals surface area contributed by atoms with Crippen molar-refractivity contribution in [3.05, 3.63) is 16.1 Å². The summed E-state index contributed by atoms with van der Waals surface area (Å²) in [5.74, 6) is 1.05. The van der Waals surface area contributed by atoms with Crippen LogP contribution in [-0.2, 0) is 13.0 Å². The number of hydrogen-bond donors (Lipinski definition) is 1. The van der Waals surface area contributed by atoms with Gasteiger partial charge in [0.15, 0.2) is 5.96 Å². The third kappa shape index (κ3) is 7.29. The first-order valence-corrected chi connectivity index (χ1v) is 10.4. The molecule has 1 saturated heterocycles. The average molecular weight is 406 g/mol. The third-order valence-corrected chi connectivity index (χ3v) is 5.73. The van der Waals surface area contributed by atoms with E-state index in [0.717, 1.165) is 43.4 Å². The molecule has 1 aromatic rings. The summed E-state index contributed by atoms with van der Waals surface area (Å²) < 4.78 is 38.0. The van der Waals surface area contributed by atoms with Crippen LogP contribution in [0.4, 0.5) is 13.2 Å². The van der Waals surface area contributed by atoms with Gasteiger partial charge in [0, 0.05) is 37.3 Å². The van der Waals surface area contributed by atoms with Crippen molar-refractivity contribution in [3.63, 3.8) is 0 Å². The second-order valence-corrected chi connectivity index (χ2v) is 7.99. The highest BCUT2D eigenvalue weighted by Crippen LogP contribution is 2.22. The zero-order valence-electron chi connectivity index (χ0n) is 16.3. The molecule has 0 amide bonds. The lowest BCUT2D eigenvalue weighted by molar-refractivity contribution is -0.146. The van der Waals surface area contributed by atoms with Gasteiger partial charge in [0.1, 0.15) is 5.01 Å². The zero-order valence-corrected chi connectivity index (χ0v) is 17.2. The van der Waals surface area contributed by atoms with E-state index in [2.05, 4.69) is 22.1 Å². The minimum absolute atomic E-state index is 0.225. The Balaban J connectivity index is 1.93. The molecule has 0 radical (unpaired) electrons. The Bertz CT molecular complexity index is 602. The molecule has 1 aromatic heterocycles. The first-order valence-electron chi connectivity index (χ1n) is 9.60. The predicted octanol–water partition coefficient (Wildman–Crippen LogP) is 3.38. The molecule has 2 heterocycles. The van der Waals surface area contributed by atoms with Crippen molar-refractivity contribution in [2.45, 2.75) is 46.3 Å². The molecular formula is C18H30F3N5S. The molecule has 9 heteroatoms. The van der Waals surface area contributed by atoms with E-state index in [9.17, 15) is 13.2 Å². The number of aryl methyl sites for hydroxylation is 1. The molecule has 0 aliphatic carbocycles. The van der Waals surface area contributed by atoms with Gasteiger partial charge in [-0.1, -0.05) is 13.8 Å². The lowest BCUT2D eigenvalue weighted by atomic mass is 10.1. The van der Waals surface area contributed by atoms with Gasteiger partial charge in [-0.2, -0.15) is 13.2 Å². The number of nitrogens with one attached hydrogen (secondary N) is 1. The lowest BCUT2D eigenvalue weighted by Gasteiger charge is -2.26. The van der Waals surface area contributed by atoms with Crippen molar-refractivity contribution in [1.82, 2.24) is 20.1 Å². The Morgan fingerprint density at radius 1 is 1.41 bits per heavy atom. The number of alkyl halides is 3. The molecule has 1 fully saturated rings. The second-order valence-electron chi connectivity index (χ2n) is 6.79. The van der Waals surface area contributed by atoms with Crippen LogP contribution in [0.5, 0.6) is 0 Å². The van der Waals surface area contributed by atoms with E-state index in [1.165, 1.54) is 9.78 Å². The minimum atomic E-state index is -4.14. The van der Waals surface area contributed by atoms with Crippen LogP contribution in [-0.4, -0.2) is 66.2 Å². The van der Waals surface area contributed by atoms with E-state index in [4.69, 9.17) is 4.99 Å². The fourth-order valence-electron chi connectivity index (χ4n) is 3.25. The number of halogens is 3. The zero-order chi connectivity index (χ0) is 19.9. The first kappa shape index (κ1) is 21.9. The first-order chi connectivity index (χ1) is 12.8. The van der Waals surface area contributed by atoms with Crippen molar-refractivity contribution in [2.75, 3.05) is 39.3 Å². The molecule has 0 spiro atoms. The van der Waals surface area contributed by atoms with E-state index in [1.807, 2.05) is 13.1 Å². The summed E-state index contributed by atoms with van der Waals surface area (Å²) in [7, 11) is 0. The highest BCUT2D eigenvalue weighted by molar-refractivity contribution is 7.11. The largest absolute Gasteiger partial charge is 0.401 e. The molecular weight excluding hydrogens is 375 g/mol. The maximum absolute atomic E-state index is 12.7. The van der Waals surface area contributed by atoms with Gasteiger partial charge in [0.05, 0.1) is 13.1 Å². The SMILES string of the molecule is CCNC(=NCc1ncc(CC)s1)N1CCC(CN(CC)CC(F)(F)F)C1. The number of rotatable bonds is 8. The summed E-state index contributed by atoms with van der Waals surface area (Å²) in [5, 5.41) is 4.29. The smallest absolute Gasteiger partial charge is 0.357 e. The van der Waals surface area contributed by atoms with Crippen molar-refractivity contribution >= 4 is 17.3 Å². The molecule has 1 aliphatic heterocycles. The van der Waals surface area contributed by atoms with Gasteiger partial charge in [0.2, 0.25) is 0 Å². The highest BCUT2D eigenvalue weighted by Gasteiger charge is 2.33. The molecule has 1 aliphatic rings. The van der Waals surface area contributed by atoms with E-state index >= 15 is 0 Å². The van der Waals surface area contributed by atoms with Gasteiger partial charge >= 0.3 is 6.18 Å². The number of likely N-dealkylation sites (tertiary alicyclic amines) is 1. The normalized spacial score (nSPS) is 18.6. The van der Waals surface area contributed by atoms with Crippen LogP contribution in [0.2, 0.25) is 0 Å². The standard InChI is InChI=1S/C18H30F3N5S/c1-4-15-9-23-16(27-15)10-24-17(22-5-2)26-8-7-14(12-26)11-25(6-3)13-18(19,20)21/h9,14H,4-8,10-13H2,1-3H3,(H,22,24). The predicted molar refractivity (Wildman–Crippen MR) is 104 cm³/mol. The van der Waals surface area contributed by atoms with Crippen LogP contribution in [0.15, 0.2) is 11.2 Å². The molecule has 154 valence electrons. The van der Waals surface area contributed by atoms with Crippen molar-refractivity contribution in [1.29, 1.82) is 0 Å². The van der Waals surface area contributed by atoms with Gasteiger partial charge in [-0.25, -0.2) is 9.98 Å². The topological polar surface area (TPSA) is 43.8 Å². The quantitative estimate of drug-likeness (QED) is 0.532. The molecule has 1 unspecified atom stereocenters. The van der Waals surface area contributed by atoms with Crippen LogP contribution in [0.1, 0.15) is 37.1 Å². The Morgan fingerprint density at radius 3 is 2.78 bits per heavy atom. The van der Waals surface area contributed by atoms with Crippen LogP contribution >= 0.6 is 11.3 Å². The molecule has 1 N–H and O–H groups in total. The molecule has 5 nitrogen and oxygen atoms in total. The summed E-state index contributed by atoms with van der Waals surface area (Å²) >= 11 is 1.67. The number of nitrogens with zero attached hydrogens (tertiary/aromatic N) is 4. The summed E-state index contributed by atoms with van der Waals surface area (Å²) in [6.45, 7) is 8.79. The summed E-state index contributed by atoms with van der Waals surface area (Å²) in [6.07, 6.45) is -0.388. The number of guanidine groups is 1. The summed E-state index contributed by atoms with van der Waals surface area (Å²) in [5.41, 5.74) is 0. The Hall–Kier alpha value is -1.35.